The van der Waals surface area contributed by atoms with E-state index < -0.39 is 22.2 Å². The predicted octanol–water partition coefficient (Wildman–Crippen LogP) is 3.12. The quantitative estimate of drug-likeness (QED) is 0.344. The number of rotatable bonds is 11. The average Bonchev–Trinajstić information content (AvgIpc) is 3.11. The molecule has 2 N–H and O–H groups in total. The number of carboxylic acid groups (broad SMARTS) is 1. The van der Waals surface area contributed by atoms with Crippen molar-refractivity contribution in [3.63, 3.8) is 0 Å². The highest BCUT2D eigenvalue weighted by molar-refractivity contribution is 7.86. The van der Waals surface area contributed by atoms with Crippen LogP contribution in [0.15, 0.2) is 54.7 Å². The molecule has 1 aromatic heterocycles. The molecule has 0 amide bonds. The molecule has 0 unspecified atom stereocenters. The summed E-state index contributed by atoms with van der Waals surface area (Å²) < 4.78 is 34.6. The molecule has 2 aromatic carbocycles. The summed E-state index contributed by atoms with van der Waals surface area (Å²) in [5.74, 6) is -0.667. The second-order valence-electron chi connectivity index (χ2n) is 7.26. The first-order valence-electron chi connectivity index (χ1n) is 9.82. The monoisotopic (exact) mass is 446 g/mol. The molecule has 1 heterocycles. The Hall–Kier alpha value is -3.04. The second-order valence-corrected chi connectivity index (χ2v) is 8.84. The second kappa shape index (κ2) is 9.84. The number of benzene rings is 2. The topological polar surface area (TPSA) is 107 Å². The van der Waals surface area contributed by atoms with Crippen LogP contribution in [0.3, 0.4) is 0 Å². The Morgan fingerprint density at radius 3 is 2.55 bits per heavy atom. The van der Waals surface area contributed by atoms with Crippen molar-refractivity contribution >= 4 is 32.7 Å². The molecule has 166 valence electrons. The molecule has 3 rings (SSSR count). The summed E-state index contributed by atoms with van der Waals surface area (Å²) in [6, 6.07) is 14.8. The van der Waals surface area contributed by atoms with E-state index in [1.807, 2.05) is 42.6 Å². The molecule has 9 heteroatoms. The highest BCUT2D eigenvalue weighted by Gasteiger charge is 2.16. The summed E-state index contributed by atoms with van der Waals surface area (Å²) in [4.78, 5) is 11.1. The minimum atomic E-state index is -3.54. The number of nitrogens with zero attached hydrogens (tertiary/aromatic N) is 1. The summed E-state index contributed by atoms with van der Waals surface area (Å²) in [5, 5.41) is 13.3. The molecule has 0 aliphatic carbocycles. The van der Waals surface area contributed by atoms with E-state index in [0.717, 1.165) is 47.9 Å². The summed E-state index contributed by atoms with van der Waals surface area (Å²) in [5.41, 5.74) is 2.88. The number of aliphatic carboxylic acids is 1. The lowest BCUT2D eigenvalue weighted by Gasteiger charge is -2.12. The zero-order valence-electron chi connectivity index (χ0n) is 17.4. The zero-order chi connectivity index (χ0) is 22.4. The van der Waals surface area contributed by atoms with E-state index in [-0.39, 0.29) is 0 Å². The number of nitrogens with one attached hydrogen (secondary N) is 1. The van der Waals surface area contributed by atoms with Crippen molar-refractivity contribution in [2.24, 2.45) is 0 Å². The van der Waals surface area contributed by atoms with Crippen molar-refractivity contribution in [1.82, 2.24) is 4.57 Å². The number of fused-ring (bicyclic) bond motifs is 1. The normalized spacial score (nSPS) is 12.6. The number of aryl methyl sites for hydroxylation is 1. The lowest BCUT2D eigenvalue weighted by molar-refractivity contribution is -0.148. The van der Waals surface area contributed by atoms with Gasteiger partial charge in [-0.3, -0.25) is 0 Å². The van der Waals surface area contributed by atoms with Gasteiger partial charge in [0.05, 0.1) is 6.26 Å². The van der Waals surface area contributed by atoms with Crippen LogP contribution in [0.4, 0.5) is 5.69 Å². The summed E-state index contributed by atoms with van der Waals surface area (Å²) in [7, 11) is -2.15. The predicted molar refractivity (Wildman–Crippen MR) is 119 cm³/mol. The molecular weight excluding hydrogens is 420 g/mol. The van der Waals surface area contributed by atoms with Crippen molar-refractivity contribution in [2.75, 3.05) is 25.2 Å². The molecule has 0 spiro atoms. The number of hydrogen-bond donors (Lipinski definition) is 2. The third kappa shape index (κ3) is 6.47. The molecule has 0 saturated carbocycles. The van der Waals surface area contributed by atoms with E-state index in [4.69, 9.17) is 14.0 Å². The molecule has 0 radical (unpaired) electrons. The molecule has 0 saturated heterocycles. The van der Waals surface area contributed by atoms with Gasteiger partial charge in [0.25, 0.3) is 0 Å². The first kappa shape index (κ1) is 22.6. The fourth-order valence-corrected chi connectivity index (χ4v) is 3.78. The van der Waals surface area contributed by atoms with Gasteiger partial charge in [-0.2, -0.15) is 8.42 Å². The molecule has 0 aliphatic heterocycles. The van der Waals surface area contributed by atoms with Crippen LogP contribution in [-0.4, -0.2) is 50.1 Å². The van der Waals surface area contributed by atoms with E-state index in [9.17, 15) is 13.2 Å². The van der Waals surface area contributed by atoms with Crippen LogP contribution in [0.25, 0.3) is 10.9 Å². The van der Waals surface area contributed by atoms with Gasteiger partial charge < -0.3 is 23.9 Å². The van der Waals surface area contributed by atoms with Gasteiger partial charge in [0.1, 0.15) is 5.75 Å². The lowest BCUT2D eigenvalue weighted by Crippen LogP contribution is -2.24. The molecule has 8 nitrogen and oxygen atoms in total. The highest BCUT2D eigenvalue weighted by atomic mass is 32.2. The Bertz CT molecular complexity index is 1140. The third-order valence-corrected chi connectivity index (χ3v) is 5.33. The van der Waals surface area contributed by atoms with E-state index in [1.54, 1.807) is 12.1 Å². The van der Waals surface area contributed by atoms with Gasteiger partial charge >= 0.3 is 16.1 Å². The van der Waals surface area contributed by atoms with Gasteiger partial charge in [-0.1, -0.05) is 12.1 Å². The number of aromatic nitrogens is 1. The minimum absolute atomic E-state index is 0.304. The van der Waals surface area contributed by atoms with Gasteiger partial charge in [0.2, 0.25) is 0 Å². The summed E-state index contributed by atoms with van der Waals surface area (Å²) >= 11 is 0. The zero-order valence-corrected chi connectivity index (χ0v) is 18.3. The first-order chi connectivity index (χ1) is 14.7. The molecule has 0 bridgehead atoms. The van der Waals surface area contributed by atoms with Gasteiger partial charge in [-0.25, -0.2) is 4.79 Å². The van der Waals surface area contributed by atoms with Gasteiger partial charge in [0.15, 0.2) is 6.10 Å². The van der Waals surface area contributed by atoms with E-state index in [0.29, 0.717) is 12.2 Å². The molecular formula is C22H26N2O6S. The van der Waals surface area contributed by atoms with Crippen LogP contribution in [0.2, 0.25) is 0 Å². The van der Waals surface area contributed by atoms with Crippen LogP contribution in [0.5, 0.6) is 5.75 Å². The maximum atomic E-state index is 11.3. The maximum absolute atomic E-state index is 11.3. The van der Waals surface area contributed by atoms with E-state index >= 15 is 0 Å². The van der Waals surface area contributed by atoms with Gasteiger partial charge in [0, 0.05) is 49.4 Å². The van der Waals surface area contributed by atoms with Gasteiger partial charge in [-0.05, 0) is 48.4 Å². The number of carbonyl (C=O) groups is 1. The van der Waals surface area contributed by atoms with Crippen molar-refractivity contribution < 1.29 is 27.2 Å². The average molecular weight is 447 g/mol. The Morgan fingerprint density at radius 1 is 1.16 bits per heavy atom. The molecule has 0 fully saturated rings. The number of hydrogen-bond acceptors (Lipinski definition) is 6. The van der Waals surface area contributed by atoms with Crippen LogP contribution < -0.4 is 9.50 Å². The standard InChI is InChI=1S/C22H26N2O6S/c1-29-21(22(25)26)14-16-4-6-18(7-5-16)23-11-3-12-24-13-10-17-15-19(8-9-20(17)24)30-31(2,27)28/h4-10,13,15,21,23H,3,11-12,14H2,1-2H3,(H,25,26)/t21-/m1/s1. The van der Waals surface area contributed by atoms with Crippen molar-refractivity contribution in [3.8, 4) is 5.75 Å². The molecule has 3 aromatic rings. The fraction of sp³-hybridized carbons (Fsp3) is 0.318. The van der Waals surface area contributed by atoms with E-state index in [2.05, 4.69) is 9.88 Å². The molecule has 1 atom stereocenters. The SMILES string of the molecule is CO[C@H](Cc1ccc(NCCCn2ccc3cc(OS(C)(=O)=O)ccc32)cc1)C(=O)O. The Labute approximate surface area is 181 Å². The first-order valence-corrected chi connectivity index (χ1v) is 11.6. The van der Waals surface area contributed by atoms with Gasteiger partial charge in [-0.15, -0.1) is 0 Å². The largest absolute Gasteiger partial charge is 0.479 e. The van der Waals surface area contributed by atoms with E-state index in [1.165, 1.54) is 7.11 Å². The number of anilines is 1. The Balaban J connectivity index is 1.50. The summed E-state index contributed by atoms with van der Waals surface area (Å²) in [6.07, 6.45) is 3.36. The highest BCUT2D eigenvalue weighted by Crippen LogP contribution is 2.23. The van der Waals surface area contributed by atoms with Crippen molar-refractivity contribution in [2.45, 2.75) is 25.5 Å². The fourth-order valence-electron chi connectivity index (χ4n) is 3.33. The number of methoxy groups -OCH3 is 1. The van der Waals surface area contributed by atoms with Crippen LogP contribution in [-0.2, 0) is 32.6 Å². The van der Waals surface area contributed by atoms with Crippen LogP contribution >= 0.6 is 0 Å². The molecule has 0 aliphatic rings. The van der Waals surface area contributed by atoms with Crippen LogP contribution in [0, 0.1) is 0 Å². The van der Waals surface area contributed by atoms with Crippen molar-refractivity contribution in [1.29, 1.82) is 0 Å². The Kier molecular flexibility index (Phi) is 7.19. The summed E-state index contributed by atoms with van der Waals surface area (Å²) in [6.45, 7) is 1.57. The minimum Gasteiger partial charge on any atom is -0.479 e. The lowest BCUT2D eigenvalue weighted by atomic mass is 10.1. The van der Waals surface area contributed by atoms with Crippen LogP contribution in [0.1, 0.15) is 12.0 Å². The maximum Gasteiger partial charge on any atom is 0.333 e. The smallest absolute Gasteiger partial charge is 0.333 e. The van der Waals surface area contributed by atoms with Crippen molar-refractivity contribution in [3.05, 3.63) is 60.3 Å². The third-order valence-electron chi connectivity index (χ3n) is 4.83. The Morgan fingerprint density at radius 2 is 1.90 bits per heavy atom. The number of carboxylic acids is 1. The molecule has 31 heavy (non-hydrogen) atoms. The number of ether oxygens (including phenoxy) is 1.